The van der Waals surface area contributed by atoms with Crippen molar-refractivity contribution < 1.29 is 18.3 Å². The molecule has 0 spiro atoms. The molecule has 0 bridgehead atoms. The molecule has 6 heteroatoms. The first-order valence-electron chi connectivity index (χ1n) is 5.06. The van der Waals surface area contributed by atoms with Gasteiger partial charge < -0.3 is 16.6 Å². The lowest BCUT2D eigenvalue weighted by atomic mass is 9.97. The van der Waals surface area contributed by atoms with Crippen LogP contribution < -0.4 is 11.5 Å². The van der Waals surface area contributed by atoms with Crippen LogP contribution in [0.2, 0.25) is 0 Å². The summed E-state index contributed by atoms with van der Waals surface area (Å²) in [7, 11) is 0. The summed E-state index contributed by atoms with van der Waals surface area (Å²) in [6.45, 7) is -1.05. The lowest BCUT2D eigenvalue weighted by molar-refractivity contribution is -0.154. The van der Waals surface area contributed by atoms with Crippen LogP contribution in [0.3, 0.4) is 0 Å². The van der Waals surface area contributed by atoms with Gasteiger partial charge in [-0.15, -0.1) is 0 Å². The van der Waals surface area contributed by atoms with Crippen LogP contribution in [0.25, 0.3) is 0 Å². The average molecular weight is 228 g/mol. The normalized spacial score (nSPS) is 20.4. The first-order valence-corrected chi connectivity index (χ1v) is 5.06. The van der Waals surface area contributed by atoms with E-state index < -0.39 is 18.8 Å². The van der Waals surface area contributed by atoms with Gasteiger partial charge in [0.25, 0.3) is 0 Å². The number of aliphatic hydroxyl groups is 1. The Bertz CT molecular complexity index is 158. The Morgan fingerprint density at radius 2 is 1.67 bits per heavy atom. The molecule has 0 radical (unpaired) electrons. The zero-order valence-corrected chi connectivity index (χ0v) is 8.63. The third-order valence-corrected chi connectivity index (χ3v) is 2.27. The van der Waals surface area contributed by atoms with Crippen molar-refractivity contribution in [3.8, 4) is 0 Å². The molecular formula is C9H19F3N2O. The molecule has 0 aromatic heterocycles. The van der Waals surface area contributed by atoms with Crippen LogP contribution in [0, 0.1) is 0 Å². The Kier molecular flexibility index (Phi) is 6.87. The highest BCUT2D eigenvalue weighted by Crippen LogP contribution is 2.17. The summed E-state index contributed by atoms with van der Waals surface area (Å²) in [4.78, 5) is 0. The van der Waals surface area contributed by atoms with Crippen molar-refractivity contribution in [2.24, 2.45) is 11.5 Å². The first-order chi connectivity index (χ1) is 6.88. The maximum Gasteiger partial charge on any atom is 0.405 e. The number of aliphatic hydroxyl groups excluding tert-OH is 1. The molecule has 1 rings (SSSR count). The van der Waals surface area contributed by atoms with Gasteiger partial charge in [0.05, 0.1) is 6.61 Å². The predicted molar refractivity (Wildman–Crippen MR) is 52.2 cm³/mol. The Labute approximate surface area is 87.6 Å². The third-order valence-electron chi connectivity index (χ3n) is 2.27. The fourth-order valence-electron chi connectivity index (χ4n) is 1.24. The van der Waals surface area contributed by atoms with Crippen molar-refractivity contribution in [1.82, 2.24) is 0 Å². The van der Waals surface area contributed by atoms with Gasteiger partial charge in [0.2, 0.25) is 0 Å². The molecule has 92 valence electrons. The topological polar surface area (TPSA) is 72.3 Å². The summed E-state index contributed by atoms with van der Waals surface area (Å²) in [6.07, 6.45) is 2.20. The van der Waals surface area contributed by atoms with Gasteiger partial charge in [-0.1, -0.05) is 19.3 Å². The van der Waals surface area contributed by atoms with Gasteiger partial charge in [-0.25, -0.2) is 0 Å². The molecule has 0 heterocycles. The minimum atomic E-state index is -4.46. The smallest absolute Gasteiger partial charge is 0.394 e. The Morgan fingerprint density at radius 3 is 1.80 bits per heavy atom. The van der Waals surface area contributed by atoms with Crippen LogP contribution >= 0.6 is 0 Å². The molecule has 1 saturated carbocycles. The van der Waals surface area contributed by atoms with Gasteiger partial charge in [-0.3, -0.25) is 0 Å². The summed E-state index contributed by atoms with van der Waals surface area (Å²) in [6, 6.07) is -1.56. The second-order valence-electron chi connectivity index (χ2n) is 3.73. The van der Waals surface area contributed by atoms with E-state index in [9.17, 15) is 13.2 Å². The van der Waals surface area contributed by atoms with Crippen LogP contribution in [-0.4, -0.2) is 30.0 Å². The summed E-state index contributed by atoms with van der Waals surface area (Å²) in [5.74, 6) is 0. The van der Waals surface area contributed by atoms with Crippen molar-refractivity contribution in [3.63, 3.8) is 0 Å². The number of halogens is 3. The monoisotopic (exact) mass is 228 g/mol. The molecule has 3 nitrogen and oxygen atoms in total. The Hall–Kier alpha value is -0.330. The van der Waals surface area contributed by atoms with E-state index in [2.05, 4.69) is 5.73 Å². The summed E-state index contributed by atoms with van der Waals surface area (Å²) >= 11 is 0. The highest BCUT2D eigenvalue weighted by Gasteiger charge is 2.35. The summed E-state index contributed by atoms with van der Waals surface area (Å²) in [5.41, 5.74) is 10.0. The molecule has 1 aliphatic carbocycles. The zero-order valence-electron chi connectivity index (χ0n) is 8.63. The second-order valence-corrected chi connectivity index (χ2v) is 3.73. The van der Waals surface area contributed by atoms with E-state index >= 15 is 0 Å². The number of rotatable bonds is 1. The molecule has 0 amide bonds. The van der Waals surface area contributed by atoms with Gasteiger partial charge in [0.15, 0.2) is 0 Å². The zero-order chi connectivity index (χ0) is 11.9. The van der Waals surface area contributed by atoms with Crippen molar-refractivity contribution >= 4 is 0 Å². The van der Waals surface area contributed by atoms with Gasteiger partial charge in [0, 0.05) is 6.04 Å². The highest BCUT2D eigenvalue weighted by atomic mass is 19.4. The highest BCUT2D eigenvalue weighted by molar-refractivity contribution is 4.67. The third kappa shape index (κ3) is 7.58. The van der Waals surface area contributed by atoms with E-state index in [-0.39, 0.29) is 0 Å². The van der Waals surface area contributed by atoms with E-state index in [1.54, 1.807) is 0 Å². The van der Waals surface area contributed by atoms with Crippen molar-refractivity contribution in [2.75, 3.05) is 6.61 Å². The molecule has 0 aliphatic heterocycles. The van der Waals surface area contributed by atoms with Crippen LogP contribution in [-0.2, 0) is 0 Å². The molecule has 5 N–H and O–H groups in total. The number of nitrogens with two attached hydrogens (primary N) is 2. The lowest BCUT2D eigenvalue weighted by Gasteiger charge is -2.15. The van der Waals surface area contributed by atoms with Crippen LogP contribution in [0.1, 0.15) is 32.1 Å². The minimum absolute atomic E-state index is 0.536. The summed E-state index contributed by atoms with van der Waals surface area (Å²) < 4.78 is 33.5. The standard InChI is InChI=1S/C6H13N.C3H6F3NO/c7-6-4-2-1-3-5-6;4-3(5,6)2(7)1-8/h6H,1-5,7H2;2,8H,1,7H2. The first kappa shape index (κ1) is 14.7. The van der Waals surface area contributed by atoms with Crippen LogP contribution in [0.5, 0.6) is 0 Å². The molecule has 0 aromatic rings. The molecule has 1 aliphatic rings. The lowest BCUT2D eigenvalue weighted by Crippen LogP contribution is -2.40. The van der Waals surface area contributed by atoms with Crippen molar-refractivity contribution in [3.05, 3.63) is 0 Å². The number of alkyl halides is 3. The van der Waals surface area contributed by atoms with Gasteiger partial charge >= 0.3 is 6.18 Å². The molecule has 1 unspecified atom stereocenters. The molecular weight excluding hydrogens is 209 g/mol. The fourth-order valence-corrected chi connectivity index (χ4v) is 1.24. The maximum atomic E-state index is 11.2. The van der Waals surface area contributed by atoms with E-state index in [1.165, 1.54) is 32.1 Å². The predicted octanol–water partition coefficient (Wildman–Crippen LogP) is 1.15. The van der Waals surface area contributed by atoms with Gasteiger partial charge in [0.1, 0.15) is 6.04 Å². The average Bonchev–Trinajstić information content (AvgIpc) is 2.17. The minimum Gasteiger partial charge on any atom is -0.394 e. The summed E-state index contributed by atoms with van der Waals surface area (Å²) in [5, 5.41) is 7.83. The largest absolute Gasteiger partial charge is 0.405 e. The van der Waals surface area contributed by atoms with E-state index in [0.29, 0.717) is 6.04 Å². The fraction of sp³-hybridized carbons (Fsp3) is 1.00. The Morgan fingerprint density at radius 1 is 1.20 bits per heavy atom. The maximum absolute atomic E-state index is 11.2. The van der Waals surface area contributed by atoms with Gasteiger partial charge in [-0.2, -0.15) is 13.2 Å². The molecule has 1 fully saturated rings. The van der Waals surface area contributed by atoms with Crippen LogP contribution in [0.4, 0.5) is 13.2 Å². The SMILES string of the molecule is NC(CO)C(F)(F)F.NC1CCCCC1. The molecule has 15 heavy (non-hydrogen) atoms. The van der Waals surface area contributed by atoms with E-state index in [1.807, 2.05) is 0 Å². The molecule has 0 aromatic carbocycles. The number of hydrogen-bond acceptors (Lipinski definition) is 3. The van der Waals surface area contributed by atoms with Crippen molar-refractivity contribution in [2.45, 2.75) is 50.4 Å². The van der Waals surface area contributed by atoms with Crippen molar-refractivity contribution in [1.29, 1.82) is 0 Å². The van der Waals surface area contributed by atoms with Gasteiger partial charge in [-0.05, 0) is 12.8 Å². The molecule has 0 saturated heterocycles. The van der Waals surface area contributed by atoms with E-state index in [0.717, 1.165) is 0 Å². The van der Waals surface area contributed by atoms with E-state index in [4.69, 9.17) is 10.8 Å². The Balaban J connectivity index is 0.000000262. The number of hydrogen-bond donors (Lipinski definition) is 3. The molecule has 1 atom stereocenters. The second kappa shape index (κ2) is 7.03. The van der Waals surface area contributed by atoms with Crippen LogP contribution in [0.15, 0.2) is 0 Å². The quantitative estimate of drug-likeness (QED) is 0.630.